The van der Waals surface area contributed by atoms with Crippen molar-refractivity contribution in [1.29, 1.82) is 0 Å². The number of carboxylic acids is 1. The average molecular weight is 294 g/mol. The molecule has 0 spiro atoms. The van der Waals surface area contributed by atoms with E-state index >= 15 is 0 Å². The van der Waals surface area contributed by atoms with Gasteiger partial charge in [0.1, 0.15) is 15.8 Å². The maximum absolute atomic E-state index is 12.4. The Morgan fingerprint density at radius 2 is 1.80 bits per heavy atom. The summed E-state index contributed by atoms with van der Waals surface area (Å²) in [6.45, 7) is 0. The van der Waals surface area contributed by atoms with Gasteiger partial charge in [0.05, 0.1) is 12.3 Å². The van der Waals surface area contributed by atoms with Crippen molar-refractivity contribution in [3.05, 3.63) is 10.0 Å². The monoisotopic (exact) mass is 294 g/mol. The maximum atomic E-state index is 12.4. The van der Waals surface area contributed by atoms with Crippen LogP contribution in [-0.2, 0) is 16.0 Å². The number of Topliss-reactive ketones (excluding diaryl/α,β-unsaturated/α-hetero) is 1. The highest BCUT2D eigenvalue weighted by Crippen LogP contribution is 2.41. The molecule has 1 aromatic heterocycles. The first-order chi connectivity index (χ1) is 9.65. The Morgan fingerprint density at radius 1 is 1.10 bits per heavy atom. The third kappa shape index (κ3) is 2.90. The minimum Gasteiger partial charge on any atom is -0.481 e. The first kappa shape index (κ1) is 13.7. The maximum Gasteiger partial charge on any atom is 0.307 e. The van der Waals surface area contributed by atoms with E-state index in [2.05, 4.69) is 10.2 Å². The van der Waals surface area contributed by atoms with E-state index in [-0.39, 0.29) is 18.1 Å². The summed E-state index contributed by atoms with van der Waals surface area (Å²) in [5, 5.41) is 19.2. The molecule has 0 aromatic carbocycles. The topological polar surface area (TPSA) is 80.1 Å². The van der Waals surface area contributed by atoms with E-state index in [1.165, 1.54) is 24.2 Å². The number of rotatable bonds is 5. The minimum absolute atomic E-state index is 0.0237. The summed E-state index contributed by atoms with van der Waals surface area (Å²) in [6, 6.07) is 0. The predicted octanol–water partition coefficient (Wildman–Crippen LogP) is 2.42. The van der Waals surface area contributed by atoms with E-state index in [1.54, 1.807) is 0 Å². The zero-order valence-electron chi connectivity index (χ0n) is 11.2. The van der Waals surface area contributed by atoms with E-state index in [0.717, 1.165) is 22.9 Å². The van der Waals surface area contributed by atoms with Crippen LogP contribution in [0.2, 0.25) is 0 Å². The van der Waals surface area contributed by atoms with E-state index < -0.39 is 11.9 Å². The van der Waals surface area contributed by atoms with Gasteiger partial charge in [-0.05, 0) is 25.7 Å². The van der Waals surface area contributed by atoms with Gasteiger partial charge >= 0.3 is 5.97 Å². The van der Waals surface area contributed by atoms with Crippen LogP contribution in [0.3, 0.4) is 0 Å². The fraction of sp³-hybridized carbons (Fsp3) is 0.714. The van der Waals surface area contributed by atoms with E-state index in [4.69, 9.17) is 0 Å². The molecule has 5 nitrogen and oxygen atoms in total. The van der Waals surface area contributed by atoms with Crippen LogP contribution in [0.4, 0.5) is 0 Å². The second kappa shape index (κ2) is 5.60. The van der Waals surface area contributed by atoms with Crippen LogP contribution in [0.5, 0.6) is 0 Å². The summed E-state index contributed by atoms with van der Waals surface area (Å²) in [4.78, 5) is 23.6. The Morgan fingerprint density at radius 3 is 2.45 bits per heavy atom. The molecule has 108 valence electrons. The number of nitrogens with zero attached hydrogens (tertiary/aromatic N) is 2. The number of carboxylic acid groups (broad SMARTS) is 1. The van der Waals surface area contributed by atoms with Crippen LogP contribution in [0.1, 0.15) is 54.5 Å². The Hall–Kier alpha value is -1.30. The number of aliphatic carboxylic acids is 1. The molecule has 2 aliphatic rings. The van der Waals surface area contributed by atoms with Gasteiger partial charge in [-0.15, -0.1) is 21.5 Å². The molecular formula is C14H18N2O3S. The quantitative estimate of drug-likeness (QED) is 0.902. The fourth-order valence-corrected chi connectivity index (χ4v) is 3.95. The lowest BCUT2D eigenvalue weighted by molar-refractivity contribution is -0.148. The molecule has 6 heteroatoms. The van der Waals surface area contributed by atoms with Crippen molar-refractivity contribution < 1.29 is 14.7 Å². The molecule has 3 rings (SSSR count). The predicted molar refractivity (Wildman–Crippen MR) is 73.7 cm³/mol. The van der Waals surface area contributed by atoms with Crippen molar-refractivity contribution in [2.24, 2.45) is 11.8 Å². The molecule has 2 aliphatic carbocycles. The molecule has 0 bridgehead atoms. The molecule has 20 heavy (non-hydrogen) atoms. The van der Waals surface area contributed by atoms with E-state index in [1.807, 2.05) is 0 Å². The average Bonchev–Trinajstić information content (AvgIpc) is 3.19. The molecule has 2 fully saturated rings. The van der Waals surface area contributed by atoms with Crippen molar-refractivity contribution in [3.63, 3.8) is 0 Å². The van der Waals surface area contributed by atoms with Gasteiger partial charge in [-0.2, -0.15) is 0 Å². The SMILES string of the molecule is O=C(O)[C@H]1CCCC[C@@H]1C(=O)Cc1nnc(C2CC2)s1. The van der Waals surface area contributed by atoms with E-state index in [9.17, 15) is 14.7 Å². The molecule has 2 saturated carbocycles. The van der Waals surface area contributed by atoms with Gasteiger partial charge in [-0.25, -0.2) is 0 Å². The van der Waals surface area contributed by atoms with E-state index in [0.29, 0.717) is 18.8 Å². The molecule has 0 unspecified atom stereocenters. The Bertz CT molecular complexity index is 524. The third-order valence-electron chi connectivity index (χ3n) is 4.23. The van der Waals surface area contributed by atoms with Gasteiger partial charge in [0.25, 0.3) is 0 Å². The van der Waals surface area contributed by atoms with Crippen LogP contribution >= 0.6 is 11.3 Å². The summed E-state index contributed by atoms with van der Waals surface area (Å²) in [5.41, 5.74) is 0. The lowest BCUT2D eigenvalue weighted by atomic mass is 9.76. The van der Waals surface area contributed by atoms with Crippen molar-refractivity contribution in [2.75, 3.05) is 0 Å². The number of ketones is 1. The van der Waals surface area contributed by atoms with Crippen molar-refractivity contribution in [3.8, 4) is 0 Å². The molecule has 0 radical (unpaired) electrons. The van der Waals surface area contributed by atoms with Crippen molar-refractivity contribution >= 4 is 23.1 Å². The number of carbonyl (C=O) groups excluding carboxylic acids is 1. The normalized spacial score (nSPS) is 26.4. The molecular weight excluding hydrogens is 276 g/mol. The highest BCUT2D eigenvalue weighted by atomic mass is 32.1. The summed E-state index contributed by atoms with van der Waals surface area (Å²) in [7, 11) is 0. The number of hydrogen-bond donors (Lipinski definition) is 1. The van der Waals surface area contributed by atoms with Crippen LogP contribution in [0, 0.1) is 11.8 Å². The molecule has 0 aliphatic heterocycles. The second-order valence-electron chi connectivity index (χ2n) is 5.79. The van der Waals surface area contributed by atoms with Crippen LogP contribution in [0.25, 0.3) is 0 Å². The zero-order chi connectivity index (χ0) is 14.1. The van der Waals surface area contributed by atoms with Gasteiger partial charge in [0.15, 0.2) is 0 Å². The second-order valence-corrected chi connectivity index (χ2v) is 6.88. The summed E-state index contributed by atoms with van der Waals surface area (Å²) in [6.07, 6.45) is 5.77. The summed E-state index contributed by atoms with van der Waals surface area (Å²) >= 11 is 1.51. The van der Waals surface area contributed by atoms with Gasteiger partial charge in [-0.3, -0.25) is 9.59 Å². The summed E-state index contributed by atoms with van der Waals surface area (Å²) in [5.74, 6) is -1.10. The van der Waals surface area contributed by atoms with Crippen LogP contribution in [-0.4, -0.2) is 27.1 Å². The Kier molecular flexibility index (Phi) is 3.83. The lowest BCUT2D eigenvalue weighted by Crippen LogP contribution is -2.33. The fourth-order valence-electron chi connectivity index (χ4n) is 2.93. The highest BCUT2D eigenvalue weighted by molar-refractivity contribution is 7.11. The van der Waals surface area contributed by atoms with Gasteiger partial charge in [0, 0.05) is 11.8 Å². The van der Waals surface area contributed by atoms with Crippen molar-refractivity contribution in [2.45, 2.75) is 50.9 Å². The third-order valence-corrected chi connectivity index (χ3v) is 5.32. The number of hydrogen-bond acceptors (Lipinski definition) is 5. The molecule has 0 saturated heterocycles. The number of aromatic nitrogens is 2. The standard InChI is InChI=1S/C14H18N2O3S/c17-11(9-3-1-2-4-10(9)14(18)19)7-12-15-16-13(20-12)8-5-6-8/h8-10H,1-7H2,(H,18,19)/t9-,10-/m0/s1. The van der Waals surface area contributed by atoms with Crippen LogP contribution < -0.4 is 0 Å². The van der Waals surface area contributed by atoms with Crippen LogP contribution in [0.15, 0.2) is 0 Å². The molecule has 1 heterocycles. The van der Waals surface area contributed by atoms with Gasteiger partial charge < -0.3 is 5.11 Å². The molecule has 2 atom stereocenters. The largest absolute Gasteiger partial charge is 0.481 e. The summed E-state index contributed by atoms with van der Waals surface area (Å²) < 4.78 is 0. The first-order valence-electron chi connectivity index (χ1n) is 7.23. The van der Waals surface area contributed by atoms with Crippen molar-refractivity contribution in [1.82, 2.24) is 10.2 Å². The van der Waals surface area contributed by atoms with Gasteiger partial charge in [0.2, 0.25) is 0 Å². The molecule has 1 aromatic rings. The van der Waals surface area contributed by atoms with Gasteiger partial charge in [-0.1, -0.05) is 12.8 Å². The Balaban J connectivity index is 1.65. The minimum atomic E-state index is -0.834. The molecule has 0 amide bonds. The number of carbonyl (C=O) groups is 2. The first-order valence-corrected chi connectivity index (χ1v) is 8.04. The zero-order valence-corrected chi connectivity index (χ0v) is 12.1. The smallest absolute Gasteiger partial charge is 0.307 e. The highest BCUT2D eigenvalue weighted by Gasteiger charge is 2.36. The Labute approximate surface area is 121 Å². The molecule has 1 N–H and O–H groups in total. The lowest BCUT2D eigenvalue weighted by Gasteiger charge is -2.26.